The predicted molar refractivity (Wildman–Crippen MR) is 233 cm³/mol. The molecule has 3 unspecified atom stereocenters. The first-order chi connectivity index (χ1) is 27.3. The van der Waals surface area contributed by atoms with Crippen LogP contribution in [0.1, 0.15) is 219 Å². The lowest BCUT2D eigenvalue weighted by Gasteiger charge is -2.20. The van der Waals surface area contributed by atoms with Gasteiger partial charge in [0.2, 0.25) is 0 Å². The summed E-state index contributed by atoms with van der Waals surface area (Å²) in [5, 5.41) is 18.4. The average molecular weight is 817 g/mol. The molecule has 332 valence electrons. The Kier molecular flexibility index (Phi) is 42.7. The quantitative estimate of drug-likeness (QED) is 0.0238. The molecule has 0 aliphatic rings. The van der Waals surface area contributed by atoms with Crippen LogP contribution < -0.4 is 0 Å². The van der Waals surface area contributed by atoms with Crippen molar-refractivity contribution in [2.45, 2.75) is 232 Å². The fraction of sp³-hybridized carbons (Fsp3) is 0.891. The summed E-state index contributed by atoms with van der Waals surface area (Å²) in [6, 6.07) is 0. The molecule has 0 rings (SSSR count). The number of aliphatic hydroxyl groups excluding tert-OH is 2. The van der Waals surface area contributed by atoms with Gasteiger partial charge in [0, 0.05) is 13.0 Å². The third-order valence-corrected chi connectivity index (χ3v) is 11.1. The highest BCUT2D eigenvalue weighted by Crippen LogP contribution is 2.43. The Labute approximate surface area is 344 Å². The second-order valence-electron chi connectivity index (χ2n) is 15.8. The van der Waals surface area contributed by atoms with Gasteiger partial charge < -0.3 is 24.6 Å². The number of rotatable bonds is 45. The molecule has 0 saturated heterocycles. The number of ether oxygens (including phenoxy) is 2. The fourth-order valence-corrected chi connectivity index (χ4v) is 7.35. The number of carbonyl (C=O) groups excluding carboxylic acids is 1. The zero-order chi connectivity index (χ0) is 41.1. The number of unbranched alkanes of at least 4 members (excludes halogenated alkanes) is 27. The van der Waals surface area contributed by atoms with Gasteiger partial charge in [-0.3, -0.25) is 13.8 Å². The van der Waals surface area contributed by atoms with E-state index < -0.39 is 33.2 Å². The third-order valence-electron chi connectivity index (χ3n) is 10.1. The van der Waals surface area contributed by atoms with Crippen molar-refractivity contribution in [3.63, 3.8) is 0 Å². The summed E-state index contributed by atoms with van der Waals surface area (Å²) in [4.78, 5) is 22.6. The summed E-state index contributed by atoms with van der Waals surface area (Å²) in [5.74, 6) is -0.382. The molecule has 10 heteroatoms. The molecule has 9 nitrogen and oxygen atoms in total. The van der Waals surface area contributed by atoms with E-state index in [9.17, 15) is 19.4 Å². The minimum Gasteiger partial charge on any atom is -0.457 e. The zero-order valence-electron chi connectivity index (χ0n) is 36.4. The molecule has 0 heterocycles. The molecule has 0 saturated carbocycles. The molecule has 0 aliphatic carbocycles. The first kappa shape index (κ1) is 54.9. The van der Waals surface area contributed by atoms with E-state index in [2.05, 4.69) is 38.2 Å². The number of phosphoric acid groups is 1. The first-order valence-electron chi connectivity index (χ1n) is 23.3. The van der Waals surface area contributed by atoms with Gasteiger partial charge in [-0.1, -0.05) is 192 Å². The van der Waals surface area contributed by atoms with Gasteiger partial charge >= 0.3 is 13.8 Å². The summed E-state index contributed by atoms with van der Waals surface area (Å²) >= 11 is 0. The second-order valence-corrected chi connectivity index (χ2v) is 17.2. The minimum absolute atomic E-state index is 0.0529. The van der Waals surface area contributed by atoms with Crippen LogP contribution in [0.3, 0.4) is 0 Å². The van der Waals surface area contributed by atoms with Crippen molar-refractivity contribution in [3.8, 4) is 0 Å². The number of phosphoric ester groups is 1. The van der Waals surface area contributed by atoms with Gasteiger partial charge in [-0.2, -0.15) is 0 Å². The lowest BCUT2D eigenvalue weighted by atomic mass is 10.0. The number of hydrogen-bond donors (Lipinski definition) is 3. The van der Waals surface area contributed by atoms with Gasteiger partial charge in [0.05, 0.1) is 26.4 Å². The van der Waals surface area contributed by atoms with Gasteiger partial charge in [0.1, 0.15) is 12.2 Å². The highest BCUT2D eigenvalue weighted by atomic mass is 31.2. The fourth-order valence-electron chi connectivity index (χ4n) is 6.56. The lowest BCUT2D eigenvalue weighted by Crippen LogP contribution is -2.29. The maximum atomic E-state index is 12.6. The van der Waals surface area contributed by atoms with E-state index in [0.29, 0.717) is 6.61 Å². The van der Waals surface area contributed by atoms with Gasteiger partial charge in [0.15, 0.2) is 0 Å². The van der Waals surface area contributed by atoms with Gasteiger partial charge in [-0.15, -0.1) is 0 Å². The molecular weight excluding hydrogens is 727 g/mol. The zero-order valence-corrected chi connectivity index (χ0v) is 37.3. The molecule has 0 amide bonds. The van der Waals surface area contributed by atoms with E-state index in [1.54, 1.807) is 0 Å². The van der Waals surface area contributed by atoms with E-state index in [-0.39, 0.29) is 25.6 Å². The largest absolute Gasteiger partial charge is 0.472 e. The van der Waals surface area contributed by atoms with Crippen molar-refractivity contribution >= 4 is 13.8 Å². The van der Waals surface area contributed by atoms with Crippen molar-refractivity contribution in [1.82, 2.24) is 0 Å². The van der Waals surface area contributed by atoms with Crippen LogP contribution in [0.15, 0.2) is 24.3 Å². The molecule has 0 aromatic carbocycles. The van der Waals surface area contributed by atoms with Crippen molar-refractivity contribution in [2.24, 2.45) is 0 Å². The molecule has 0 aromatic heterocycles. The maximum Gasteiger partial charge on any atom is 0.472 e. The average Bonchev–Trinajstić information content (AvgIpc) is 3.19. The van der Waals surface area contributed by atoms with E-state index >= 15 is 0 Å². The summed E-state index contributed by atoms with van der Waals surface area (Å²) in [5.41, 5.74) is 0. The van der Waals surface area contributed by atoms with Crippen molar-refractivity contribution in [3.05, 3.63) is 24.3 Å². The molecule has 0 spiro atoms. The predicted octanol–water partition coefficient (Wildman–Crippen LogP) is 13.0. The standard InChI is InChI=1S/C46H89O9P/c1-3-5-7-9-11-13-15-17-18-19-20-21-22-23-24-25-26-27-28-30-32-34-36-38-46(49)55-45(43-54-56(50,51)53-41-44(48)40-47)42-52-39-37-35-33-31-29-16-14-12-10-8-6-4-2/h15,17,19-20,44-45,47-48H,3-14,16,18,21-43H2,1-2H3,(H,50,51)/b17-15-,20-19-. The van der Waals surface area contributed by atoms with Gasteiger partial charge in [-0.25, -0.2) is 4.57 Å². The van der Waals surface area contributed by atoms with Crippen molar-refractivity contribution in [2.75, 3.05) is 33.0 Å². The molecule has 3 N–H and O–H groups in total. The van der Waals surface area contributed by atoms with Crippen LogP contribution in [-0.4, -0.2) is 66.3 Å². The van der Waals surface area contributed by atoms with E-state index in [0.717, 1.165) is 38.5 Å². The molecule has 0 radical (unpaired) electrons. The van der Waals surface area contributed by atoms with Crippen molar-refractivity contribution < 1.29 is 43.0 Å². The molecule has 56 heavy (non-hydrogen) atoms. The number of aliphatic hydroxyl groups is 2. The smallest absolute Gasteiger partial charge is 0.457 e. The van der Waals surface area contributed by atoms with Crippen LogP contribution in [0.2, 0.25) is 0 Å². The molecule has 0 bridgehead atoms. The van der Waals surface area contributed by atoms with Crippen LogP contribution in [0.25, 0.3) is 0 Å². The Hall–Kier alpha value is -1.06. The van der Waals surface area contributed by atoms with Gasteiger partial charge in [0.25, 0.3) is 0 Å². The molecular formula is C46H89O9P. The van der Waals surface area contributed by atoms with E-state index in [1.807, 2.05) is 0 Å². The van der Waals surface area contributed by atoms with E-state index in [4.69, 9.17) is 23.6 Å². The SMILES string of the molecule is CCCCCCC/C=C\C/C=C\CCCCCCCCCCCCCC(=O)OC(COCCCCCCCCCCCCCC)COP(=O)(O)OCC(O)CO. The molecule has 0 fully saturated rings. The Morgan fingerprint density at radius 1 is 0.554 bits per heavy atom. The number of carbonyl (C=O) groups is 1. The van der Waals surface area contributed by atoms with Crippen molar-refractivity contribution in [1.29, 1.82) is 0 Å². The van der Waals surface area contributed by atoms with Crippen LogP contribution in [0.4, 0.5) is 0 Å². The van der Waals surface area contributed by atoms with Crippen LogP contribution in [0, 0.1) is 0 Å². The topological polar surface area (TPSA) is 132 Å². The maximum absolute atomic E-state index is 12.6. The summed E-state index contributed by atoms with van der Waals surface area (Å²) in [6.07, 6.45) is 45.7. The highest BCUT2D eigenvalue weighted by Gasteiger charge is 2.26. The number of allylic oxidation sites excluding steroid dienone is 4. The summed E-state index contributed by atoms with van der Waals surface area (Å²) in [6.45, 7) is 3.54. The summed E-state index contributed by atoms with van der Waals surface area (Å²) in [7, 11) is -4.51. The lowest BCUT2D eigenvalue weighted by molar-refractivity contribution is -0.154. The Morgan fingerprint density at radius 2 is 0.964 bits per heavy atom. The van der Waals surface area contributed by atoms with Crippen LogP contribution >= 0.6 is 7.82 Å². The van der Waals surface area contributed by atoms with Gasteiger partial charge in [-0.05, 0) is 44.9 Å². The Morgan fingerprint density at radius 3 is 1.43 bits per heavy atom. The highest BCUT2D eigenvalue weighted by molar-refractivity contribution is 7.47. The Bertz CT molecular complexity index is 928. The monoisotopic (exact) mass is 817 g/mol. The Balaban J connectivity index is 4.05. The van der Waals surface area contributed by atoms with Crippen LogP contribution in [-0.2, 0) is 27.9 Å². The molecule has 3 atom stereocenters. The second kappa shape index (κ2) is 43.5. The molecule has 0 aromatic rings. The summed E-state index contributed by atoms with van der Waals surface area (Å²) < 4.78 is 33.4. The number of hydrogen-bond acceptors (Lipinski definition) is 8. The minimum atomic E-state index is -4.51. The molecule has 0 aliphatic heterocycles. The number of esters is 1. The normalized spacial score (nSPS) is 14.2. The first-order valence-corrected chi connectivity index (χ1v) is 24.8. The van der Waals surface area contributed by atoms with Crippen LogP contribution in [0.5, 0.6) is 0 Å². The van der Waals surface area contributed by atoms with E-state index in [1.165, 1.54) is 161 Å². The third kappa shape index (κ3) is 42.5.